The SMILES string of the molecule is Cc1ccc(C)c(NC(=O)c2c(C)nn(-c3ccc(F)cc3)c2-n2cccc2)c1. The molecule has 2 aromatic heterocycles. The van der Waals surface area contributed by atoms with Crippen molar-refractivity contribution in [3.63, 3.8) is 0 Å². The van der Waals surface area contributed by atoms with Gasteiger partial charge in [0.1, 0.15) is 11.4 Å². The Hall–Kier alpha value is -3.67. The highest BCUT2D eigenvalue weighted by atomic mass is 19.1. The van der Waals surface area contributed by atoms with Gasteiger partial charge in [-0.3, -0.25) is 4.79 Å². The van der Waals surface area contributed by atoms with Crippen LogP contribution in [-0.2, 0) is 0 Å². The Labute approximate surface area is 168 Å². The van der Waals surface area contributed by atoms with Crippen LogP contribution in [0.4, 0.5) is 10.1 Å². The van der Waals surface area contributed by atoms with Crippen molar-refractivity contribution in [1.29, 1.82) is 0 Å². The number of aromatic nitrogens is 3. The largest absolute Gasteiger partial charge is 0.322 e. The summed E-state index contributed by atoms with van der Waals surface area (Å²) in [5.74, 6) is 0.0307. The van der Waals surface area contributed by atoms with Gasteiger partial charge in [0.05, 0.1) is 11.4 Å². The maximum atomic E-state index is 13.4. The Balaban J connectivity index is 1.84. The quantitative estimate of drug-likeness (QED) is 0.536. The van der Waals surface area contributed by atoms with Crippen molar-refractivity contribution in [3.8, 4) is 11.5 Å². The second kappa shape index (κ2) is 7.39. The van der Waals surface area contributed by atoms with Crippen molar-refractivity contribution in [2.75, 3.05) is 5.32 Å². The molecule has 0 atom stereocenters. The van der Waals surface area contributed by atoms with Gasteiger partial charge in [-0.15, -0.1) is 0 Å². The molecule has 0 saturated heterocycles. The summed E-state index contributed by atoms with van der Waals surface area (Å²) >= 11 is 0. The number of benzene rings is 2. The molecular formula is C23H21FN4O. The summed E-state index contributed by atoms with van der Waals surface area (Å²) in [6, 6.07) is 15.7. The third-order valence-corrected chi connectivity index (χ3v) is 4.82. The maximum Gasteiger partial charge on any atom is 0.261 e. The van der Waals surface area contributed by atoms with E-state index in [1.165, 1.54) is 12.1 Å². The van der Waals surface area contributed by atoms with E-state index in [1.54, 1.807) is 23.7 Å². The predicted octanol–water partition coefficient (Wildman–Crippen LogP) is 4.98. The first-order valence-corrected chi connectivity index (χ1v) is 9.31. The molecule has 0 saturated carbocycles. The third-order valence-electron chi connectivity index (χ3n) is 4.82. The van der Waals surface area contributed by atoms with E-state index < -0.39 is 0 Å². The fourth-order valence-electron chi connectivity index (χ4n) is 3.31. The topological polar surface area (TPSA) is 51.9 Å². The number of halogens is 1. The molecule has 1 N–H and O–H groups in total. The molecule has 6 heteroatoms. The lowest BCUT2D eigenvalue weighted by Crippen LogP contribution is -2.16. The number of carbonyl (C=O) groups is 1. The molecule has 4 rings (SSSR count). The van der Waals surface area contributed by atoms with E-state index in [4.69, 9.17) is 0 Å². The Morgan fingerprint density at radius 2 is 1.69 bits per heavy atom. The molecule has 0 aliphatic carbocycles. The Kier molecular flexibility index (Phi) is 4.76. The van der Waals surface area contributed by atoms with E-state index in [9.17, 15) is 9.18 Å². The smallest absolute Gasteiger partial charge is 0.261 e. The van der Waals surface area contributed by atoms with Crippen LogP contribution in [0.25, 0.3) is 11.5 Å². The molecule has 0 fully saturated rings. The molecule has 0 unspecified atom stereocenters. The maximum absolute atomic E-state index is 13.4. The zero-order valence-electron chi connectivity index (χ0n) is 16.5. The monoisotopic (exact) mass is 388 g/mol. The fraction of sp³-hybridized carbons (Fsp3) is 0.130. The Bertz CT molecular complexity index is 1170. The summed E-state index contributed by atoms with van der Waals surface area (Å²) in [5.41, 5.74) is 4.53. The van der Waals surface area contributed by atoms with Crippen LogP contribution in [0.5, 0.6) is 0 Å². The molecule has 0 bridgehead atoms. The summed E-state index contributed by atoms with van der Waals surface area (Å²) < 4.78 is 16.9. The van der Waals surface area contributed by atoms with Gasteiger partial charge in [0, 0.05) is 18.1 Å². The van der Waals surface area contributed by atoms with E-state index in [-0.39, 0.29) is 11.7 Å². The van der Waals surface area contributed by atoms with E-state index in [0.717, 1.165) is 16.8 Å². The molecule has 29 heavy (non-hydrogen) atoms. The highest BCUT2D eigenvalue weighted by Gasteiger charge is 2.24. The minimum Gasteiger partial charge on any atom is -0.322 e. The van der Waals surface area contributed by atoms with Gasteiger partial charge in [0.25, 0.3) is 5.91 Å². The van der Waals surface area contributed by atoms with Gasteiger partial charge in [-0.2, -0.15) is 5.10 Å². The summed E-state index contributed by atoms with van der Waals surface area (Å²) in [4.78, 5) is 13.3. The van der Waals surface area contributed by atoms with Gasteiger partial charge in [-0.05, 0) is 74.4 Å². The predicted molar refractivity (Wildman–Crippen MR) is 111 cm³/mol. The Morgan fingerprint density at radius 3 is 2.38 bits per heavy atom. The van der Waals surface area contributed by atoms with E-state index in [0.29, 0.717) is 22.8 Å². The standard InChI is InChI=1S/C23H21FN4O/c1-15-6-7-16(2)20(14-15)25-22(29)21-17(3)26-28(19-10-8-18(24)9-11-19)23(21)27-12-4-5-13-27/h4-14H,1-3H3,(H,25,29). The zero-order valence-corrected chi connectivity index (χ0v) is 16.5. The number of nitrogens with one attached hydrogen (secondary N) is 1. The molecular weight excluding hydrogens is 367 g/mol. The van der Waals surface area contributed by atoms with Crippen LogP contribution in [-0.4, -0.2) is 20.3 Å². The van der Waals surface area contributed by atoms with Gasteiger partial charge in [0.2, 0.25) is 0 Å². The minimum absolute atomic E-state index is 0.242. The molecule has 0 aliphatic heterocycles. The summed E-state index contributed by atoms with van der Waals surface area (Å²) in [7, 11) is 0. The molecule has 146 valence electrons. The number of amides is 1. The van der Waals surface area contributed by atoms with Crippen molar-refractivity contribution in [2.45, 2.75) is 20.8 Å². The molecule has 0 aliphatic rings. The molecule has 0 spiro atoms. The molecule has 4 aromatic rings. The fourth-order valence-corrected chi connectivity index (χ4v) is 3.31. The lowest BCUT2D eigenvalue weighted by molar-refractivity contribution is 0.102. The van der Waals surface area contributed by atoms with Crippen LogP contribution < -0.4 is 5.32 Å². The number of anilines is 1. The van der Waals surface area contributed by atoms with Crippen molar-refractivity contribution in [2.24, 2.45) is 0 Å². The lowest BCUT2D eigenvalue weighted by atomic mass is 10.1. The van der Waals surface area contributed by atoms with Gasteiger partial charge in [0.15, 0.2) is 5.82 Å². The average Bonchev–Trinajstić information content (AvgIpc) is 3.33. The van der Waals surface area contributed by atoms with Crippen LogP contribution >= 0.6 is 0 Å². The van der Waals surface area contributed by atoms with Crippen molar-refractivity contribution in [1.82, 2.24) is 14.3 Å². The number of hydrogen-bond donors (Lipinski definition) is 1. The van der Waals surface area contributed by atoms with Crippen LogP contribution in [0.2, 0.25) is 0 Å². The average molecular weight is 388 g/mol. The Morgan fingerprint density at radius 1 is 1.00 bits per heavy atom. The molecule has 5 nitrogen and oxygen atoms in total. The summed E-state index contributed by atoms with van der Waals surface area (Å²) in [5, 5.41) is 7.60. The van der Waals surface area contributed by atoms with E-state index >= 15 is 0 Å². The van der Waals surface area contributed by atoms with Crippen molar-refractivity contribution >= 4 is 11.6 Å². The van der Waals surface area contributed by atoms with E-state index in [2.05, 4.69) is 10.4 Å². The molecule has 2 heterocycles. The van der Waals surface area contributed by atoms with Gasteiger partial charge in [-0.25, -0.2) is 9.07 Å². The highest BCUT2D eigenvalue weighted by molar-refractivity contribution is 6.07. The van der Waals surface area contributed by atoms with Crippen LogP contribution in [0, 0.1) is 26.6 Å². The van der Waals surface area contributed by atoms with Crippen molar-refractivity contribution in [3.05, 3.63) is 95.2 Å². The molecule has 0 radical (unpaired) electrons. The van der Waals surface area contributed by atoms with E-state index in [1.807, 2.05) is 61.1 Å². The first-order valence-electron chi connectivity index (χ1n) is 9.31. The minimum atomic E-state index is -0.326. The molecule has 1 amide bonds. The third kappa shape index (κ3) is 3.57. The second-order valence-electron chi connectivity index (χ2n) is 7.04. The number of aryl methyl sites for hydroxylation is 3. The lowest BCUT2D eigenvalue weighted by Gasteiger charge is -2.13. The zero-order chi connectivity index (χ0) is 20.5. The number of carbonyl (C=O) groups excluding carboxylic acids is 1. The normalized spacial score (nSPS) is 10.9. The second-order valence-corrected chi connectivity index (χ2v) is 7.04. The van der Waals surface area contributed by atoms with Gasteiger partial charge >= 0.3 is 0 Å². The van der Waals surface area contributed by atoms with Gasteiger partial charge in [-0.1, -0.05) is 12.1 Å². The van der Waals surface area contributed by atoms with Crippen molar-refractivity contribution < 1.29 is 9.18 Å². The number of hydrogen-bond acceptors (Lipinski definition) is 2. The summed E-state index contributed by atoms with van der Waals surface area (Å²) in [6.45, 7) is 5.74. The first-order chi connectivity index (χ1) is 13.9. The molecule has 2 aromatic carbocycles. The first kappa shape index (κ1) is 18.7. The van der Waals surface area contributed by atoms with Crippen LogP contribution in [0.15, 0.2) is 67.0 Å². The van der Waals surface area contributed by atoms with Gasteiger partial charge < -0.3 is 9.88 Å². The summed E-state index contributed by atoms with van der Waals surface area (Å²) in [6.07, 6.45) is 3.70. The number of nitrogens with zero attached hydrogens (tertiary/aromatic N) is 3. The highest BCUT2D eigenvalue weighted by Crippen LogP contribution is 2.25. The number of rotatable bonds is 4. The van der Waals surface area contributed by atoms with Crippen LogP contribution in [0.3, 0.4) is 0 Å². The van der Waals surface area contributed by atoms with Crippen LogP contribution in [0.1, 0.15) is 27.2 Å².